The van der Waals surface area contributed by atoms with E-state index >= 15 is 0 Å². The van der Waals surface area contributed by atoms with Crippen LogP contribution in [-0.2, 0) is 11.2 Å². The molecule has 0 bridgehead atoms. The van der Waals surface area contributed by atoms with Crippen LogP contribution in [0.4, 0.5) is 4.79 Å². The minimum Gasteiger partial charge on any atom is -0.444 e. The number of pyridine rings is 1. The Balaban J connectivity index is 1.71. The van der Waals surface area contributed by atoms with E-state index in [1.54, 1.807) is 6.20 Å². The van der Waals surface area contributed by atoms with Gasteiger partial charge < -0.3 is 15.0 Å². The average molecular weight is 369 g/mol. The summed E-state index contributed by atoms with van der Waals surface area (Å²) in [7, 11) is 0. The van der Waals surface area contributed by atoms with E-state index in [-0.39, 0.29) is 6.09 Å². The topological polar surface area (TPSA) is 79.9 Å². The molecule has 0 radical (unpaired) electrons. The van der Waals surface area contributed by atoms with Gasteiger partial charge in [0, 0.05) is 23.6 Å². The molecule has 0 aromatic carbocycles. The second-order valence-electron chi connectivity index (χ2n) is 6.09. The Bertz CT molecular complexity index is 649. The lowest BCUT2D eigenvalue weighted by atomic mass is 10.2. The molecule has 0 atom stereocenters. The number of halogens is 1. The molecule has 1 amide bonds. The second-order valence-corrected chi connectivity index (χ2v) is 7.01. The summed E-state index contributed by atoms with van der Waals surface area (Å²) in [4.78, 5) is 23.4. The monoisotopic (exact) mass is 368 g/mol. The van der Waals surface area contributed by atoms with E-state index < -0.39 is 5.60 Å². The zero-order valence-electron chi connectivity index (χ0n) is 13.1. The van der Waals surface area contributed by atoms with Crippen LogP contribution in [0.5, 0.6) is 0 Å². The van der Waals surface area contributed by atoms with Crippen LogP contribution >= 0.6 is 15.9 Å². The molecular formula is C15H21BrN4O2. The molecule has 0 saturated carbocycles. The highest BCUT2D eigenvalue weighted by atomic mass is 79.9. The SMILES string of the molecule is CC(C)(C)OC(=O)NCCCCc1nc2ncc(Br)cc2[nH]1. The number of ether oxygens (including phenoxy) is 1. The quantitative estimate of drug-likeness (QED) is 0.790. The van der Waals surface area contributed by atoms with Gasteiger partial charge >= 0.3 is 6.09 Å². The highest BCUT2D eigenvalue weighted by molar-refractivity contribution is 9.10. The van der Waals surface area contributed by atoms with Crippen molar-refractivity contribution in [2.75, 3.05) is 6.54 Å². The number of unbranched alkanes of at least 4 members (excludes halogenated alkanes) is 1. The van der Waals surface area contributed by atoms with Crippen LogP contribution in [0, 0.1) is 0 Å². The van der Waals surface area contributed by atoms with Crippen molar-refractivity contribution in [1.82, 2.24) is 20.3 Å². The number of hydrogen-bond donors (Lipinski definition) is 2. The summed E-state index contributed by atoms with van der Waals surface area (Å²) < 4.78 is 6.10. The molecule has 2 heterocycles. The molecule has 0 spiro atoms. The first-order valence-electron chi connectivity index (χ1n) is 7.30. The Labute approximate surface area is 138 Å². The Kier molecular flexibility index (Phi) is 5.39. The molecule has 2 aromatic heterocycles. The smallest absolute Gasteiger partial charge is 0.407 e. The Morgan fingerprint density at radius 3 is 2.91 bits per heavy atom. The highest BCUT2D eigenvalue weighted by Gasteiger charge is 2.15. The summed E-state index contributed by atoms with van der Waals surface area (Å²) in [5, 5.41) is 2.75. The Hall–Kier alpha value is -1.63. The summed E-state index contributed by atoms with van der Waals surface area (Å²) in [6.07, 6.45) is 3.98. The molecule has 120 valence electrons. The number of rotatable bonds is 5. The molecule has 0 fully saturated rings. The normalized spacial score (nSPS) is 11.6. The molecule has 0 aliphatic carbocycles. The number of carbonyl (C=O) groups is 1. The third-order valence-corrected chi connectivity index (χ3v) is 3.30. The van der Waals surface area contributed by atoms with Crippen LogP contribution in [0.1, 0.15) is 39.4 Å². The van der Waals surface area contributed by atoms with Gasteiger partial charge in [0.15, 0.2) is 5.65 Å². The van der Waals surface area contributed by atoms with Gasteiger partial charge in [0.25, 0.3) is 0 Å². The number of carbonyl (C=O) groups excluding carboxylic acids is 1. The van der Waals surface area contributed by atoms with E-state index in [0.29, 0.717) is 6.54 Å². The number of alkyl carbamates (subject to hydrolysis) is 1. The average Bonchev–Trinajstić information content (AvgIpc) is 2.78. The molecule has 0 aliphatic heterocycles. The molecule has 2 rings (SSSR count). The van der Waals surface area contributed by atoms with E-state index in [1.165, 1.54) is 0 Å². The predicted molar refractivity (Wildman–Crippen MR) is 88.8 cm³/mol. The lowest BCUT2D eigenvalue weighted by molar-refractivity contribution is 0.0527. The fourth-order valence-corrected chi connectivity index (χ4v) is 2.30. The summed E-state index contributed by atoms with van der Waals surface area (Å²) in [5.74, 6) is 0.915. The van der Waals surface area contributed by atoms with Crippen LogP contribution in [0.3, 0.4) is 0 Å². The summed E-state index contributed by atoms with van der Waals surface area (Å²) in [5.41, 5.74) is 1.20. The molecule has 2 aromatic rings. The Morgan fingerprint density at radius 1 is 1.41 bits per heavy atom. The van der Waals surface area contributed by atoms with Crippen molar-refractivity contribution >= 4 is 33.2 Å². The van der Waals surface area contributed by atoms with Crippen molar-refractivity contribution in [2.24, 2.45) is 0 Å². The molecule has 0 unspecified atom stereocenters. The van der Waals surface area contributed by atoms with Gasteiger partial charge in [0.1, 0.15) is 11.4 Å². The van der Waals surface area contributed by atoms with Crippen molar-refractivity contribution in [2.45, 2.75) is 45.6 Å². The maximum absolute atomic E-state index is 11.5. The number of aryl methyl sites for hydroxylation is 1. The van der Waals surface area contributed by atoms with Gasteiger partial charge in [-0.1, -0.05) is 0 Å². The van der Waals surface area contributed by atoms with Crippen LogP contribution < -0.4 is 5.32 Å². The maximum atomic E-state index is 11.5. The molecule has 22 heavy (non-hydrogen) atoms. The van der Waals surface area contributed by atoms with Crippen LogP contribution in [0.15, 0.2) is 16.7 Å². The number of fused-ring (bicyclic) bond motifs is 1. The maximum Gasteiger partial charge on any atom is 0.407 e. The van der Waals surface area contributed by atoms with Crippen molar-refractivity contribution < 1.29 is 9.53 Å². The molecule has 6 nitrogen and oxygen atoms in total. The third-order valence-electron chi connectivity index (χ3n) is 2.86. The fourth-order valence-electron chi connectivity index (χ4n) is 1.96. The summed E-state index contributed by atoms with van der Waals surface area (Å²) in [6.45, 7) is 6.14. The number of hydrogen-bond acceptors (Lipinski definition) is 4. The number of nitrogens with one attached hydrogen (secondary N) is 2. The first kappa shape index (κ1) is 16.7. The standard InChI is InChI=1S/C15H21BrN4O2/c1-15(2,3)22-14(21)17-7-5-4-6-12-19-11-8-10(16)9-18-13(11)20-12/h8-9H,4-7H2,1-3H3,(H,17,21)(H,18,19,20). The zero-order valence-corrected chi connectivity index (χ0v) is 14.7. The van der Waals surface area contributed by atoms with Crippen LogP contribution in [-0.4, -0.2) is 33.2 Å². The van der Waals surface area contributed by atoms with E-state index in [9.17, 15) is 4.79 Å². The molecule has 2 N–H and O–H groups in total. The van der Waals surface area contributed by atoms with Crippen LogP contribution in [0.25, 0.3) is 11.2 Å². The van der Waals surface area contributed by atoms with Gasteiger partial charge in [-0.3, -0.25) is 0 Å². The van der Waals surface area contributed by atoms with Gasteiger partial charge in [-0.15, -0.1) is 0 Å². The first-order chi connectivity index (χ1) is 10.3. The third kappa shape index (κ3) is 5.29. The van der Waals surface area contributed by atoms with E-state index in [2.05, 4.69) is 36.2 Å². The fraction of sp³-hybridized carbons (Fsp3) is 0.533. The van der Waals surface area contributed by atoms with Crippen molar-refractivity contribution in [3.63, 3.8) is 0 Å². The molecular weight excluding hydrogens is 348 g/mol. The number of H-pyrrole nitrogens is 1. The number of nitrogens with zero attached hydrogens (tertiary/aromatic N) is 2. The van der Waals surface area contributed by atoms with Crippen LogP contribution in [0.2, 0.25) is 0 Å². The van der Waals surface area contributed by atoms with E-state index in [1.807, 2.05) is 26.8 Å². The minimum absolute atomic E-state index is 0.370. The van der Waals surface area contributed by atoms with Gasteiger partial charge in [-0.25, -0.2) is 14.8 Å². The van der Waals surface area contributed by atoms with E-state index in [0.717, 1.165) is 40.7 Å². The number of aromatic nitrogens is 3. The van der Waals surface area contributed by atoms with E-state index in [4.69, 9.17) is 4.74 Å². The highest BCUT2D eigenvalue weighted by Crippen LogP contribution is 2.15. The van der Waals surface area contributed by atoms with Gasteiger partial charge in [-0.2, -0.15) is 0 Å². The Morgan fingerprint density at radius 2 is 2.18 bits per heavy atom. The predicted octanol–water partition coefficient (Wildman–Crippen LogP) is 3.57. The number of imidazole rings is 1. The molecule has 0 saturated heterocycles. The lowest BCUT2D eigenvalue weighted by Crippen LogP contribution is -2.33. The number of aromatic amines is 1. The van der Waals surface area contributed by atoms with Crippen molar-refractivity contribution in [1.29, 1.82) is 0 Å². The molecule has 7 heteroatoms. The van der Waals surface area contributed by atoms with Crippen molar-refractivity contribution in [3.8, 4) is 0 Å². The second kappa shape index (κ2) is 7.09. The van der Waals surface area contributed by atoms with Gasteiger partial charge in [0.05, 0.1) is 5.52 Å². The first-order valence-corrected chi connectivity index (χ1v) is 8.10. The van der Waals surface area contributed by atoms with Crippen molar-refractivity contribution in [3.05, 3.63) is 22.6 Å². The zero-order chi connectivity index (χ0) is 16.2. The van der Waals surface area contributed by atoms with Gasteiger partial charge in [0.2, 0.25) is 0 Å². The summed E-state index contributed by atoms with van der Waals surface area (Å²) >= 11 is 3.39. The number of amides is 1. The minimum atomic E-state index is -0.459. The lowest BCUT2D eigenvalue weighted by Gasteiger charge is -2.19. The molecule has 0 aliphatic rings. The summed E-state index contributed by atoms with van der Waals surface area (Å²) in [6, 6.07) is 1.96. The van der Waals surface area contributed by atoms with Gasteiger partial charge in [-0.05, 0) is 55.6 Å². The largest absolute Gasteiger partial charge is 0.444 e.